The molecule has 2 heterocycles. The Bertz CT molecular complexity index is 517. The molecule has 1 aliphatic heterocycles. The fourth-order valence-electron chi connectivity index (χ4n) is 2.87. The zero-order valence-corrected chi connectivity index (χ0v) is 13.2. The van der Waals surface area contributed by atoms with Gasteiger partial charge < -0.3 is 10.2 Å². The van der Waals surface area contributed by atoms with Crippen molar-refractivity contribution in [2.24, 2.45) is 11.3 Å². The Morgan fingerprint density at radius 2 is 1.95 bits per heavy atom. The maximum absolute atomic E-state index is 11.0. The normalized spacial score (nSPS) is 16.9. The van der Waals surface area contributed by atoms with E-state index in [0.29, 0.717) is 23.0 Å². The van der Waals surface area contributed by atoms with E-state index in [1.807, 2.05) is 0 Å². The van der Waals surface area contributed by atoms with Crippen LogP contribution in [0.4, 0.5) is 17.3 Å². The van der Waals surface area contributed by atoms with Gasteiger partial charge in [0.05, 0.1) is 17.1 Å². The van der Waals surface area contributed by atoms with Crippen molar-refractivity contribution in [3.8, 4) is 0 Å². The minimum Gasteiger partial charge on any atom is -0.373 e. The van der Waals surface area contributed by atoms with Crippen LogP contribution < -0.4 is 10.2 Å². The van der Waals surface area contributed by atoms with E-state index in [0.717, 1.165) is 25.9 Å². The SMILES string of the molecule is CNc1cc([N+](=O)[O-])cc(N2CCC(C(C)(C)C)CC2)n1. The zero-order chi connectivity index (χ0) is 15.6. The van der Waals surface area contributed by atoms with E-state index in [1.54, 1.807) is 13.1 Å². The predicted molar refractivity (Wildman–Crippen MR) is 84.8 cm³/mol. The first-order valence-electron chi connectivity index (χ1n) is 7.40. The molecule has 1 aromatic heterocycles. The Kier molecular flexibility index (Phi) is 4.34. The lowest BCUT2D eigenvalue weighted by molar-refractivity contribution is -0.384. The summed E-state index contributed by atoms with van der Waals surface area (Å²) in [6.07, 6.45) is 2.20. The van der Waals surface area contributed by atoms with E-state index in [2.05, 4.69) is 36.0 Å². The van der Waals surface area contributed by atoms with Gasteiger partial charge in [0.25, 0.3) is 5.69 Å². The highest BCUT2D eigenvalue weighted by Gasteiger charge is 2.29. The topological polar surface area (TPSA) is 71.3 Å². The Hall–Kier alpha value is -1.85. The first-order chi connectivity index (χ1) is 9.81. The molecule has 6 heteroatoms. The van der Waals surface area contributed by atoms with Gasteiger partial charge in [-0.2, -0.15) is 0 Å². The van der Waals surface area contributed by atoms with Gasteiger partial charge in [0.15, 0.2) is 0 Å². The number of pyridine rings is 1. The van der Waals surface area contributed by atoms with Crippen LogP contribution in [0.5, 0.6) is 0 Å². The van der Waals surface area contributed by atoms with Crippen molar-refractivity contribution in [1.29, 1.82) is 0 Å². The van der Waals surface area contributed by atoms with E-state index >= 15 is 0 Å². The second-order valence-corrected chi connectivity index (χ2v) is 6.70. The molecule has 0 radical (unpaired) electrons. The van der Waals surface area contributed by atoms with Gasteiger partial charge in [-0.25, -0.2) is 4.98 Å². The van der Waals surface area contributed by atoms with E-state index < -0.39 is 0 Å². The van der Waals surface area contributed by atoms with E-state index in [-0.39, 0.29) is 10.6 Å². The summed E-state index contributed by atoms with van der Waals surface area (Å²) < 4.78 is 0. The first-order valence-corrected chi connectivity index (χ1v) is 7.40. The molecule has 0 spiro atoms. The van der Waals surface area contributed by atoms with Crippen molar-refractivity contribution in [1.82, 2.24) is 4.98 Å². The van der Waals surface area contributed by atoms with Crippen LogP contribution in [0, 0.1) is 21.4 Å². The molecule has 6 nitrogen and oxygen atoms in total. The molecule has 1 aromatic rings. The Morgan fingerprint density at radius 3 is 2.43 bits per heavy atom. The molecule has 1 N–H and O–H groups in total. The van der Waals surface area contributed by atoms with Crippen molar-refractivity contribution >= 4 is 17.3 Å². The Labute approximate surface area is 125 Å². The molecule has 1 fully saturated rings. The largest absolute Gasteiger partial charge is 0.373 e. The number of nitro groups is 1. The van der Waals surface area contributed by atoms with Crippen LogP contribution in [0.2, 0.25) is 0 Å². The maximum Gasteiger partial charge on any atom is 0.276 e. The third-order valence-electron chi connectivity index (χ3n) is 4.31. The summed E-state index contributed by atoms with van der Waals surface area (Å²) in [5, 5.41) is 13.9. The molecule has 1 saturated heterocycles. The first kappa shape index (κ1) is 15.5. The third kappa shape index (κ3) is 3.62. The van der Waals surface area contributed by atoms with Gasteiger partial charge in [0.1, 0.15) is 11.6 Å². The highest BCUT2D eigenvalue weighted by Crippen LogP contribution is 2.35. The third-order valence-corrected chi connectivity index (χ3v) is 4.31. The van der Waals surface area contributed by atoms with Gasteiger partial charge in [-0.3, -0.25) is 10.1 Å². The molecule has 0 bridgehead atoms. The van der Waals surface area contributed by atoms with E-state index in [9.17, 15) is 10.1 Å². The van der Waals surface area contributed by atoms with E-state index in [1.165, 1.54) is 6.07 Å². The van der Waals surface area contributed by atoms with Crippen molar-refractivity contribution in [3.05, 3.63) is 22.2 Å². The molecule has 0 atom stereocenters. The lowest BCUT2D eigenvalue weighted by Crippen LogP contribution is -2.38. The Morgan fingerprint density at radius 1 is 1.33 bits per heavy atom. The second-order valence-electron chi connectivity index (χ2n) is 6.70. The second kappa shape index (κ2) is 5.87. The molecule has 21 heavy (non-hydrogen) atoms. The molecule has 0 saturated carbocycles. The minimum absolute atomic E-state index is 0.0855. The predicted octanol–water partition coefficient (Wildman–Crippen LogP) is 3.29. The highest BCUT2D eigenvalue weighted by molar-refractivity contribution is 5.55. The number of piperidine rings is 1. The van der Waals surface area contributed by atoms with Crippen LogP contribution >= 0.6 is 0 Å². The van der Waals surface area contributed by atoms with Crippen LogP contribution in [0.1, 0.15) is 33.6 Å². The van der Waals surface area contributed by atoms with Gasteiger partial charge in [-0.05, 0) is 24.2 Å². The number of hydrogen-bond donors (Lipinski definition) is 1. The number of anilines is 2. The smallest absolute Gasteiger partial charge is 0.276 e. The van der Waals surface area contributed by atoms with Crippen molar-refractivity contribution in [2.45, 2.75) is 33.6 Å². The summed E-state index contributed by atoms with van der Waals surface area (Å²) in [6.45, 7) is 8.63. The van der Waals surface area contributed by atoms with Crippen LogP contribution in [0.25, 0.3) is 0 Å². The van der Waals surface area contributed by atoms with Gasteiger partial charge >= 0.3 is 0 Å². The van der Waals surface area contributed by atoms with Crippen molar-refractivity contribution in [3.63, 3.8) is 0 Å². The van der Waals surface area contributed by atoms with Gasteiger partial charge in [-0.15, -0.1) is 0 Å². The molecule has 0 unspecified atom stereocenters. The number of aromatic nitrogens is 1. The Balaban J connectivity index is 2.16. The summed E-state index contributed by atoms with van der Waals surface area (Å²) >= 11 is 0. The van der Waals surface area contributed by atoms with Crippen LogP contribution in [-0.2, 0) is 0 Å². The highest BCUT2D eigenvalue weighted by atomic mass is 16.6. The molecule has 0 amide bonds. The summed E-state index contributed by atoms with van der Waals surface area (Å²) in [7, 11) is 1.72. The standard InChI is InChI=1S/C15H24N4O2/c1-15(2,3)11-5-7-18(8-6-11)14-10-12(19(20)21)9-13(16-4)17-14/h9-11H,5-8H2,1-4H3,(H,16,17). The maximum atomic E-state index is 11.0. The molecule has 2 rings (SSSR count). The molecule has 0 aromatic carbocycles. The number of hydrogen-bond acceptors (Lipinski definition) is 5. The average molecular weight is 292 g/mol. The monoisotopic (exact) mass is 292 g/mol. The van der Waals surface area contributed by atoms with Gasteiger partial charge in [-0.1, -0.05) is 20.8 Å². The summed E-state index contributed by atoms with van der Waals surface area (Å²) in [6, 6.07) is 3.03. The van der Waals surface area contributed by atoms with E-state index in [4.69, 9.17) is 0 Å². The number of nitrogens with zero attached hydrogens (tertiary/aromatic N) is 3. The van der Waals surface area contributed by atoms with Crippen LogP contribution in [-0.4, -0.2) is 30.0 Å². The van der Waals surface area contributed by atoms with Crippen LogP contribution in [0.15, 0.2) is 12.1 Å². The average Bonchev–Trinajstić information content (AvgIpc) is 2.46. The van der Waals surface area contributed by atoms with Gasteiger partial charge in [0, 0.05) is 20.1 Å². The lowest BCUT2D eigenvalue weighted by atomic mass is 9.75. The summed E-state index contributed by atoms with van der Waals surface area (Å²) in [4.78, 5) is 17.3. The molecule has 1 aliphatic rings. The molecular weight excluding hydrogens is 268 g/mol. The van der Waals surface area contributed by atoms with Crippen molar-refractivity contribution < 1.29 is 4.92 Å². The summed E-state index contributed by atoms with van der Waals surface area (Å²) in [5.74, 6) is 1.93. The zero-order valence-electron chi connectivity index (χ0n) is 13.2. The van der Waals surface area contributed by atoms with Crippen molar-refractivity contribution in [2.75, 3.05) is 30.4 Å². The molecule has 0 aliphatic carbocycles. The van der Waals surface area contributed by atoms with Gasteiger partial charge in [0.2, 0.25) is 0 Å². The quantitative estimate of drug-likeness (QED) is 0.683. The lowest BCUT2D eigenvalue weighted by Gasteiger charge is -2.39. The summed E-state index contributed by atoms with van der Waals surface area (Å²) in [5.41, 5.74) is 0.403. The fourth-order valence-corrected chi connectivity index (χ4v) is 2.87. The number of nitrogens with one attached hydrogen (secondary N) is 1. The fraction of sp³-hybridized carbons (Fsp3) is 0.667. The number of rotatable bonds is 3. The molecular formula is C15H24N4O2. The molecule has 116 valence electrons. The van der Waals surface area contributed by atoms with Crippen LogP contribution in [0.3, 0.4) is 0 Å². The minimum atomic E-state index is -0.367.